The van der Waals surface area contributed by atoms with Crippen LogP contribution < -0.4 is 5.32 Å². The molecule has 1 N–H and O–H groups in total. The molecule has 1 unspecified atom stereocenters. The Kier molecular flexibility index (Phi) is 5.42. The second-order valence-electron chi connectivity index (χ2n) is 2.70. The van der Waals surface area contributed by atoms with Crippen LogP contribution in [0.25, 0.3) is 0 Å². The van der Waals surface area contributed by atoms with Crippen LogP contribution >= 0.6 is 33.9 Å². The Labute approximate surface area is 101 Å². The molecule has 0 aliphatic heterocycles. The molecule has 14 heavy (non-hydrogen) atoms. The summed E-state index contributed by atoms with van der Waals surface area (Å²) in [5.74, 6) is -0.177. The van der Waals surface area contributed by atoms with E-state index in [-0.39, 0.29) is 9.89 Å². The monoisotopic (exact) mass is 325 g/mol. The highest BCUT2D eigenvalue weighted by Gasteiger charge is 2.13. The van der Waals surface area contributed by atoms with Gasteiger partial charge in [-0.2, -0.15) is 0 Å². The maximum absolute atomic E-state index is 11.0. The van der Waals surface area contributed by atoms with Crippen molar-refractivity contribution in [2.45, 2.75) is 10.5 Å². The van der Waals surface area contributed by atoms with Gasteiger partial charge in [-0.05, 0) is 11.4 Å². The van der Waals surface area contributed by atoms with Crippen molar-refractivity contribution in [3.63, 3.8) is 0 Å². The first-order chi connectivity index (χ1) is 6.74. The van der Waals surface area contributed by atoms with Crippen LogP contribution in [0.2, 0.25) is 0 Å². The Bertz CT molecular complexity index is 276. The molecule has 3 nitrogen and oxygen atoms in total. The first-order valence-corrected chi connectivity index (χ1v) is 6.31. The summed E-state index contributed by atoms with van der Waals surface area (Å²) in [4.78, 5) is 12.3. The van der Waals surface area contributed by atoms with E-state index >= 15 is 0 Å². The van der Waals surface area contributed by atoms with Crippen molar-refractivity contribution < 1.29 is 9.53 Å². The van der Waals surface area contributed by atoms with Crippen LogP contribution in [0.5, 0.6) is 0 Å². The first kappa shape index (κ1) is 11.9. The quantitative estimate of drug-likeness (QED) is 0.510. The Morgan fingerprint density at radius 1 is 1.79 bits per heavy atom. The van der Waals surface area contributed by atoms with Gasteiger partial charge in [-0.1, -0.05) is 28.7 Å². The summed E-state index contributed by atoms with van der Waals surface area (Å²) in [6, 6.07) is 4.08. The van der Waals surface area contributed by atoms with E-state index < -0.39 is 0 Å². The van der Waals surface area contributed by atoms with Crippen molar-refractivity contribution in [2.24, 2.45) is 0 Å². The molecule has 0 bridgehead atoms. The third kappa shape index (κ3) is 3.93. The minimum Gasteiger partial charge on any atom is -0.468 e. The highest BCUT2D eigenvalue weighted by molar-refractivity contribution is 14.1. The lowest BCUT2D eigenvalue weighted by atomic mass is 10.4. The van der Waals surface area contributed by atoms with Crippen molar-refractivity contribution in [1.82, 2.24) is 5.32 Å². The maximum atomic E-state index is 11.0. The van der Waals surface area contributed by atoms with Crippen LogP contribution in [-0.4, -0.2) is 23.5 Å². The van der Waals surface area contributed by atoms with Gasteiger partial charge in [0, 0.05) is 18.0 Å². The molecule has 78 valence electrons. The Hall–Kier alpha value is -0.140. The molecule has 0 aliphatic carbocycles. The molecule has 1 atom stereocenters. The number of nitrogens with one attached hydrogen (secondary N) is 1. The minimum atomic E-state index is -0.177. The number of methoxy groups -OCH3 is 1. The minimum absolute atomic E-state index is 0.113. The van der Waals surface area contributed by atoms with Gasteiger partial charge in [0.05, 0.1) is 7.11 Å². The predicted octanol–water partition coefficient (Wildman–Crippen LogP) is 1.81. The van der Waals surface area contributed by atoms with Crippen LogP contribution in [0.4, 0.5) is 0 Å². The van der Waals surface area contributed by atoms with Gasteiger partial charge in [0.25, 0.3) is 0 Å². The zero-order chi connectivity index (χ0) is 10.4. The Morgan fingerprint density at radius 3 is 3.14 bits per heavy atom. The van der Waals surface area contributed by atoms with Gasteiger partial charge < -0.3 is 10.1 Å². The van der Waals surface area contributed by atoms with E-state index in [4.69, 9.17) is 0 Å². The molecule has 0 aromatic carbocycles. The van der Waals surface area contributed by atoms with Crippen molar-refractivity contribution >= 4 is 39.9 Å². The van der Waals surface area contributed by atoms with Crippen molar-refractivity contribution in [3.8, 4) is 0 Å². The van der Waals surface area contributed by atoms with E-state index in [0.29, 0.717) is 6.54 Å². The zero-order valence-electron chi connectivity index (χ0n) is 7.83. The molecule has 0 saturated carbocycles. The van der Waals surface area contributed by atoms with Crippen molar-refractivity contribution in [3.05, 3.63) is 22.4 Å². The summed E-state index contributed by atoms with van der Waals surface area (Å²) in [6.07, 6.45) is 0. The number of carbonyl (C=O) groups excluding carboxylic acids is 1. The van der Waals surface area contributed by atoms with Crippen molar-refractivity contribution in [1.29, 1.82) is 0 Å². The number of halogens is 1. The molecule has 1 heterocycles. The number of carbonyl (C=O) groups is 1. The summed E-state index contributed by atoms with van der Waals surface area (Å²) in [7, 11) is 1.41. The molecule has 0 amide bonds. The number of alkyl halides is 1. The van der Waals surface area contributed by atoms with Gasteiger partial charge in [-0.15, -0.1) is 11.3 Å². The number of hydrogen-bond acceptors (Lipinski definition) is 4. The lowest BCUT2D eigenvalue weighted by Crippen LogP contribution is -2.29. The highest BCUT2D eigenvalue weighted by atomic mass is 127. The molecule has 1 aromatic heterocycles. The summed E-state index contributed by atoms with van der Waals surface area (Å²) in [5.41, 5.74) is 0. The molecule has 0 saturated heterocycles. The first-order valence-electron chi connectivity index (χ1n) is 4.19. The van der Waals surface area contributed by atoms with Gasteiger partial charge in [0.1, 0.15) is 3.92 Å². The lowest BCUT2D eigenvalue weighted by molar-refractivity contribution is -0.139. The largest absolute Gasteiger partial charge is 0.468 e. The molecular formula is C9H12INO2S. The average Bonchev–Trinajstić information content (AvgIpc) is 2.69. The SMILES string of the molecule is COC(=O)C(I)CNCc1cccs1. The number of thiophene rings is 1. The summed E-state index contributed by atoms with van der Waals surface area (Å²) in [6.45, 7) is 1.46. The third-order valence-electron chi connectivity index (χ3n) is 1.66. The Morgan fingerprint density at radius 2 is 2.57 bits per heavy atom. The van der Waals surface area contributed by atoms with E-state index in [0.717, 1.165) is 6.54 Å². The van der Waals surface area contributed by atoms with Crippen LogP contribution in [0, 0.1) is 0 Å². The van der Waals surface area contributed by atoms with E-state index in [1.165, 1.54) is 12.0 Å². The van der Waals surface area contributed by atoms with E-state index in [9.17, 15) is 4.79 Å². The van der Waals surface area contributed by atoms with Crippen LogP contribution in [0.3, 0.4) is 0 Å². The molecule has 0 radical (unpaired) electrons. The van der Waals surface area contributed by atoms with Crippen LogP contribution in [0.1, 0.15) is 4.88 Å². The molecule has 1 aromatic rings. The topological polar surface area (TPSA) is 38.3 Å². The predicted molar refractivity (Wildman–Crippen MR) is 65.8 cm³/mol. The standard InChI is InChI=1S/C9H12INO2S/c1-13-9(12)8(10)6-11-5-7-3-2-4-14-7/h2-4,8,11H,5-6H2,1H3. The number of hydrogen-bond donors (Lipinski definition) is 1. The molecule has 0 spiro atoms. The van der Waals surface area contributed by atoms with E-state index in [2.05, 4.69) is 38.7 Å². The fraction of sp³-hybridized carbons (Fsp3) is 0.444. The maximum Gasteiger partial charge on any atom is 0.319 e. The van der Waals surface area contributed by atoms with Gasteiger partial charge in [0.15, 0.2) is 0 Å². The van der Waals surface area contributed by atoms with Gasteiger partial charge in [-0.3, -0.25) is 4.79 Å². The Balaban J connectivity index is 2.18. The fourth-order valence-corrected chi connectivity index (χ4v) is 2.19. The van der Waals surface area contributed by atoms with Crippen molar-refractivity contribution in [2.75, 3.05) is 13.7 Å². The summed E-state index contributed by atoms with van der Waals surface area (Å²) < 4.78 is 4.50. The van der Waals surface area contributed by atoms with E-state index in [1.54, 1.807) is 11.3 Å². The normalized spacial score (nSPS) is 12.4. The number of esters is 1. The second kappa shape index (κ2) is 6.36. The van der Waals surface area contributed by atoms with Crippen LogP contribution in [0.15, 0.2) is 17.5 Å². The highest BCUT2D eigenvalue weighted by Crippen LogP contribution is 2.08. The summed E-state index contributed by atoms with van der Waals surface area (Å²) >= 11 is 3.78. The molecule has 0 aliphatic rings. The van der Waals surface area contributed by atoms with Gasteiger partial charge in [-0.25, -0.2) is 0 Å². The number of ether oxygens (including phenoxy) is 1. The molecule has 0 fully saturated rings. The third-order valence-corrected chi connectivity index (χ3v) is 3.49. The molecular weight excluding hydrogens is 313 g/mol. The number of rotatable bonds is 5. The fourth-order valence-electron chi connectivity index (χ4n) is 0.946. The van der Waals surface area contributed by atoms with Gasteiger partial charge >= 0.3 is 5.97 Å². The van der Waals surface area contributed by atoms with Gasteiger partial charge in [0.2, 0.25) is 0 Å². The summed E-state index contributed by atoms with van der Waals surface area (Å²) in [5, 5.41) is 5.25. The molecule has 5 heteroatoms. The zero-order valence-corrected chi connectivity index (χ0v) is 10.8. The smallest absolute Gasteiger partial charge is 0.319 e. The molecule has 1 rings (SSSR count). The van der Waals surface area contributed by atoms with Crippen LogP contribution in [-0.2, 0) is 16.1 Å². The second-order valence-corrected chi connectivity index (χ2v) is 5.24. The van der Waals surface area contributed by atoms with E-state index in [1.807, 2.05) is 11.4 Å². The lowest BCUT2D eigenvalue weighted by Gasteiger charge is -2.07. The average molecular weight is 325 g/mol.